The summed E-state index contributed by atoms with van der Waals surface area (Å²) >= 11 is 4.89. The van der Waals surface area contributed by atoms with Crippen molar-refractivity contribution in [1.82, 2.24) is 0 Å². The molecule has 2 N–H and O–H groups in total. The molecule has 0 amide bonds. The Labute approximate surface area is 102 Å². The SMILES string of the molecule is CC(Oc1ccc2c(c1)CCCC2)C(N)=S. The Morgan fingerprint density at radius 1 is 1.31 bits per heavy atom. The number of thiocarbonyl (C=S) groups is 1. The van der Waals surface area contributed by atoms with E-state index in [1.54, 1.807) is 0 Å². The summed E-state index contributed by atoms with van der Waals surface area (Å²) in [5.41, 5.74) is 8.40. The first-order valence-corrected chi connectivity index (χ1v) is 6.15. The van der Waals surface area contributed by atoms with Crippen LogP contribution in [0, 0.1) is 0 Å². The van der Waals surface area contributed by atoms with E-state index in [0.717, 1.165) is 12.2 Å². The molecular formula is C13H17NOS. The van der Waals surface area contributed by atoms with Gasteiger partial charge in [0.1, 0.15) is 16.8 Å². The Hall–Kier alpha value is -1.09. The molecule has 1 unspecified atom stereocenters. The highest BCUT2D eigenvalue weighted by atomic mass is 32.1. The average molecular weight is 235 g/mol. The fourth-order valence-electron chi connectivity index (χ4n) is 2.05. The van der Waals surface area contributed by atoms with Crippen LogP contribution in [0.1, 0.15) is 30.9 Å². The molecule has 1 aromatic rings. The van der Waals surface area contributed by atoms with Crippen molar-refractivity contribution in [2.45, 2.75) is 38.7 Å². The van der Waals surface area contributed by atoms with E-state index < -0.39 is 0 Å². The standard InChI is InChI=1S/C13H17NOS/c1-9(13(14)16)15-12-7-6-10-4-2-3-5-11(10)8-12/h6-9H,2-5H2,1H3,(H2,14,16). The molecule has 1 aromatic carbocycles. The third-order valence-electron chi connectivity index (χ3n) is 3.03. The predicted octanol–water partition coefficient (Wildman–Crippen LogP) is 2.62. The molecule has 1 atom stereocenters. The topological polar surface area (TPSA) is 35.2 Å². The monoisotopic (exact) mass is 235 g/mol. The maximum atomic E-state index is 5.68. The van der Waals surface area contributed by atoms with Crippen LogP contribution in [0.3, 0.4) is 0 Å². The Morgan fingerprint density at radius 3 is 2.69 bits per heavy atom. The molecule has 1 aliphatic rings. The van der Waals surface area contributed by atoms with Crippen molar-refractivity contribution < 1.29 is 4.74 Å². The number of ether oxygens (including phenoxy) is 1. The molecule has 0 heterocycles. The summed E-state index contributed by atoms with van der Waals surface area (Å²) < 4.78 is 5.68. The lowest BCUT2D eigenvalue weighted by Gasteiger charge is -2.18. The highest BCUT2D eigenvalue weighted by Gasteiger charge is 2.12. The van der Waals surface area contributed by atoms with Crippen molar-refractivity contribution in [2.75, 3.05) is 0 Å². The molecule has 0 aromatic heterocycles. The zero-order chi connectivity index (χ0) is 11.5. The summed E-state index contributed by atoms with van der Waals surface area (Å²) in [4.78, 5) is 0.401. The smallest absolute Gasteiger partial charge is 0.145 e. The summed E-state index contributed by atoms with van der Waals surface area (Å²) in [6.07, 6.45) is 4.74. The summed E-state index contributed by atoms with van der Waals surface area (Å²) in [7, 11) is 0. The highest BCUT2D eigenvalue weighted by Crippen LogP contribution is 2.25. The molecule has 3 heteroatoms. The second kappa shape index (κ2) is 4.83. The lowest BCUT2D eigenvalue weighted by molar-refractivity contribution is 0.288. The van der Waals surface area contributed by atoms with Crippen LogP contribution in [0.25, 0.3) is 0 Å². The lowest BCUT2D eigenvalue weighted by atomic mass is 9.92. The average Bonchev–Trinajstić information content (AvgIpc) is 2.28. The molecular weight excluding hydrogens is 218 g/mol. The van der Waals surface area contributed by atoms with Gasteiger partial charge in [-0.15, -0.1) is 0 Å². The number of rotatable bonds is 3. The minimum atomic E-state index is -0.198. The molecule has 2 rings (SSSR count). The van der Waals surface area contributed by atoms with E-state index in [-0.39, 0.29) is 6.10 Å². The Bertz CT molecular complexity index is 403. The number of nitrogens with two attached hydrogens (primary N) is 1. The van der Waals surface area contributed by atoms with E-state index >= 15 is 0 Å². The van der Waals surface area contributed by atoms with Crippen LogP contribution >= 0.6 is 12.2 Å². The fourth-order valence-corrected chi connectivity index (χ4v) is 2.09. The second-order valence-electron chi connectivity index (χ2n) is 4.30. The molecule has 16 heavy (non-hydrogen) atoms. The number of hydrogen-bond donors (Lipinski definition) is 1. The summed E-state index contributed by atoms with van der Waals surface area (Å²) in [6.45, 7) is 1.88. The van der Waals surface area contributed by atoms with Gasteiger partial charge in [0.2, 0.25) is 0 Å². The van der Waals surface area contributed by atoms with Gasteiger partial charge in [0.05, 0.1) is 0 Å². The van der Waals surface area contributed by atoms with Gasteiger partial charge in [0, 0.05) is 0 Å². The summed E-state index contributed by atoms with van der Waals surface area (Å²) in [5.74, 6) is 0.876. The molecule has 2 nitrogen and oxygen atoms in total. The molecule has 86 valence electrons. The van der Waals surface area contributed by atoms with Crippen LogP contribution in [-0.2, 0) is 12.8 Å². The minimum absolute atomic E-state index is 0.198. The van der Waals surface area contributed by atoms with Crippen molar-refractivity contribution in [3.8, 4) is 5.75 Å². The lowest BCUT2D eigenvalue weighted by Crippen LogP contribution is -2.28. The van der Waals surface area contributed by atoms with Crippen LogP contribution < -0.4 is 10.5 Å². The third-order valence-corrected chi connectivity index (χ3v) is 3.37. The maximum Gasteiger partial charge on any atom is 0.145 e. The van der Waals surface area contributed by atoms with Gasteiger partial charge in [0.25, 0.3) is 0 Å². The predicted molar refractivity (Wildman–Crippen MR) is 70.0 cm³/mol. The quantitative estimate of drug-likeness (QED) is 0.818. The second-order valence-corrected chi connectivity index (χ2v) is 4.77. The first kappa shape index (κ1) is 11.4. The van der Waals surface area contributed by atoms with Crippen molar-refractivity contribution in [3.05, 3.63) is 29.3 Å². The van der Waals surface area contributed by atoms with Gasteiger partial charge in [0.15, 0.2) is 0 Å². The Morgan fingerprint density at radius 2 is 2.00 bits per heavy atom. The van der Waals surface area contributed by atoms with E-state index in [4.69, 9.17) is 22.7 Å². The van der Waals surface area contributed by atoms with Gasteiger partial charge in [-0.2, -0.15) is 0 Å². The van der Waals surface area contributed by atoms with E-state index in [0.29, 0.717) is 4.99 Å². The third kappa shape index (κ3) is 2.53. The first-order chi connectivity index (χ1) is 7.66. The normalized spacial score (nSPS) is 16.3. The Kier molecular flexibility index (Phi) is 3.44. The minimum Gasteiger partial charge on any atom is -0.484 e. The van der Waals surface area contributed by atoms with E-state index in [1.165, 1.54) is 30.4 Å². The molecule has 0 fully saturated rings. The fraction of sp³-hybridized carbons (Fsp3) is 0.462. The van der Waals surface area contributed by atoms with Gasteiger partial charge in [-0.25, -0.2) is 0 Å². The van der Waals surface area contributed by atoms with Crippen LogP contribution in [0.15, 0.2) is 18.2 Å². The van der Waals surface area contributed by atoms with Gasteiger partial charge < -0.3 is 10.5 Å². The molecule has 0 saturated heterocycles. The molecule has 0 saturated carbocycles. The Balaban J connectivity index is 2.14. The molecule has 0 radical (unpaired) electrons. The van der Waals surface area contributed by atoms with Crippen molar-refractivity contribution in [3.63, 3.8) is 0 Å². The number of benzene rings is 1. The number of aryl methyl sites for hydroxylation is 2. The summed E-state index contributed by atoms with van der Waals surface area (Å²) in [6, 6.07) is 6.30. The number of hydrogen-bond acceptors (Lipinski definition) is 2. The number of fused-ring (bicyclic) bond motifs is 1. The van der Waals surface area contributed by atoms with Crippen molar-refractivity contribution in [2.24, 2.45) is 5.73 Å². The zero-order valence-electron chi connectivity index (χ0n) is 9.53. The van der Waals surface area contributed by atoms with E-state index in [2.05, 4.69) is 12.1 Å². The van der Waals surface area contributed by atoms with Crippen LogP contribution in [0.2, 0.25) is 0 Å². The van der Waals surface area contributed by atoms with E-state index in [1.807, 2.05) is 13.0 Å². The molecule has 0 spiro atoms. The van der Waals surface area contributed by atoms with Crippen molar-refractivity contribution in [1.29, 1.82) is 0 Å². The largest absolute Gasteiger partial charge is 0.484 e. The zero-order valence-corrected chi connectivity index (χ0v) is 10.3. The van der Waals surface area contributed by atoms with Gasteiger partial charge in [-0.1, -0.05) is 18.3 Å². The highest BCUT2D eigenvalue weighted by molar-refractivity contribution is 7.80. The van der Waals surface area contributed by atoms with Crippen LogP contribution in [0.5, 0.6) is 5.75 Å². The van der Waals surface area contributed by atoms with E-state index in [9.17, 15) is 0 Å². The van der Waals surface area contributed by atoms with Gasteiger partial charge in [-0.3, -0.25) is 0 Å². The van der Waals surface area contributed by atoms with Crippen LogP contribution in [0.4, 0.5) is 0 Å². The first-order valence-electron chi connectivity index (χ1n) is 5.74. The summed E-state index contributed by atoms with van der Waals surface area (Å²) in [5, 5.41) is 0. The van der Waals surface area contributed by atoms with Gasteiger partial charge in [-0.05, 0) is 55.9 Å². The molecule has 1 aliphatic carbocycles. The molecule has 0 aliphatic heterocycles. The maximum absolute atomic E-state index is 5.68. The van der Waals surface area contributed by atoms with Gasteiger partial charge >= 0.3 is 0 Å². The van der Waals surface area contributed by atoms with Crippen LogP contribution in [-0.4, -0.2) is 11.1 Å². The molecule has 0 bridgehead atoms. The van der Waals surface area contributed by atoms with Crippen molar-refractivity contribution >= 4 is 17.2 Å².